The van der Waals surface area contributed by atoms with Crippen molar-refractivity contribution in [2.45, 2.75) is 38.1 Å². The number of halogens is 1. The molecule has 5 nitrogen and oxygen atoms in total. The normalized spacial score (nSPS) is 10.9. The van der Waals surface area contributed by atoms with Gasteiger partial charge in [-0.15, -0.1) is 16.8 Å². The van der Waals surface area contributed by atoms with Crippen molar-refractivity contribution in [3.05, 3.63) is 84.0 Å². The molecule has 7 heteroatoms. The lowest BCUT2D eigenvalue weighted by atomic mass is 10.0. The van der Waals surface area contributed by atoms with Gasteiger partial charge in [0.15, 0.2) is 28.3 Å². The van der Waals surface area contributed by atoms with Gasteiger partial charge in [-0.05, 0) is 23.6 Å². The van der Waals surface area contributed by atoms with E-state index in [1.165, 1.54) is 23.4 Å². The number of carbonyl (C=O) groups excluding carboxylic acids is 1. The Bertz CT molecular complexity index is 1020. The number of carbonyl (C=O) groups is 1. The van der Waals surface area contributed by atoms with Gasteiger partial charge in [0, 0.05) is 12.1 Å². The Labute approximate surface area is 180 Å². The highest BCUT2D eigenvalue weighted by molar-refractivity contribution is 7.99. The number of hydrogen-bond donors (Lipinski definition) is 0. The Morgan fingerprint density at radius 2 is 1.93 bits per heavy atom. The average Bonchev–Trinajstić information content (AvgIpc) is 3.13. The van der Waals surface area contributed by atoms with Crippen molar-refractivity contribution >= 4 is 17.5 Å². The van der Waals surface area contributed by atoms with Crippen LogP contribution in [-0.2, 0) is 13.2 Å². The number of ketones is 1. The van der Waals surface area contributed by atoms with E-state index < -0.39 is 5.82 Å². The zero-order valence-electron chi connectivity index (χ0n) is 17.0. The predicted octanol–water partition coefficient (Wildman–Crippen LogP) is 5.28. The molecule has 0 spiro atoms. The highest BCUT2D eigenvalue weighted by atomic mass is 32.2. The molecule has 0 saturated carbocycles. The highest BCUT2D eigenvalue weighted by Gasteiger charge is 2.15. The molecule has 3 aromatic rings. The zero-order chi connectivity index (χ0) is 21.5. The van der Waals surface area contributed by atoms with E-state index in [1.54, 1.807) is 24.3 Å². The molecule has 0 aliphatic carbocycles. The number of aromatic nitrogens is 3. The summed E-state index contributed by atoms with van der Waals surface area (Å²) in [6.07, 6.45) is 1.71. The minimum atomic E-state index is -0.434. The fourth-order valence-corrected chi connectivity index (χ4v) is 3.68. The third-order valence-electron chi connectivity index (χ3n) is 4.53. The van der Waals surface area contributed by atoms with Crippen LogP contribution in [-0.4, -0.2) is 26.3 Å². The molecule has 3 rings (SSSR count). The fraction of sp³-hybridized carbons (Fsp3) is 0.261. The molecule has 0 atom stereocenters. The van der Waals surface area contributed by atoms with Gasteiger partial charge in [-0.3, -0.25) is 9.36 Å². The van der Waals surface area contributed by atoms with E-state index in [2.05, 4.69) is 30.6 Å². The molecule has 0 aliphatic heterocycles. The first-order chi connectivity index (χ1) is 14.5. The van der Waals surface area contributed by atoms with E-state index in [1.807, 2.05) is 28.8 Å². The molecule has 1 aromatic heterocycles. The average molecular weight is 426 g/mol. The van der Waals surface area contributed by atoms with Crippen molar-refractivity contribution in [3.63, 3.8) is 0 Å². The van der Waals surface area contributed by atoms with Crippen molar-refractivity contribution in [3.8, 4) is 5.75 Å². The molecule has 0 fully saturated rings. The van der Waals surface area contributed by atoms with Crippen LogP contribution in [0.15, 0.2) is 66.3 Å². The number of allylic oxidation sites excluding steroid dienone is 1. The Kier molecular flexibility index (Phi) is 7.41. The van der Waals surface area contributed by atoms with Gasteiger partial charge in [0.25, 0.3) is 0 Å². The van der Waals surface area contributed by atoms with Crippen LogP contribution in [0.25, 0.3) is 0 Å². The van der Waals surface area contributed by atoms with Crippen molar-refractivity contribution in [1.82, 2.24) is 14.8 Å². The third-order valence-corrected chi connectivity index (χ3v) is 5.50. The number of rotatable bonds is 10. The largest absolute Gasteiger partial charge is 0.483 e. The topological polar surface area (TPSA) is 57.0 Å². The van der Waals surface area contributed by atoms with Gasteiger partial charge in [0.1, 0.15) is 6.61 Å². The molecule has 30 heavy (non-hydrogen) atoms. The summed E-state index contributed by atoms with van der Waals surface area (Å²) in [6.45, 7) is 8.52. The van der Waals surface area contributed by atoms with Crippen LogP contribution in [0.1, 0.15) is 41.5 Å². The summed E-state index contributed by atoms with van der Waals surface area (Å²) in [5.41, 5.74) is 1.87. The molecule has 2 aromatic carbocycles. The number of ether oxygens (including phenoxy) is 1. The van der Waals surface area contributed by atoms with Gasteiger partial charge >= 0.3 is 0 Å². The SMILES string of the molecule is C=CCn1c(COc2ccccc2F)nnc1SCC(=O)c1ccc(C(C)C)cc1. The van der Waals surface area contributed by atoms with Gasteiger partial charge in [-0.2, -0.15) is 0 Å². The molecule has 0 unspecified atom stereocenters. The van der Waals surface area contributed by atoms with Crippen LogP contribution >= 0.6 is 11.8 Å². The Hall–Kier alpha value is -2.93. The second kappa shape index (κ2) is 10.2. The predicted molar refractivity (Wildman–Crippen MR) is 117 cm³/mol. The van der Waals surface area contributed by atoms with Crippen LogP contribution in [0.4, 0.5) is 4.39 Å². The molecular weight excluding hydrogens is 401 g/mol. The Morgan fingerprint density at radius 3 is 2.60 bits per heavy atom. The standard InChI is InChI=1S/C23H24FN3O2S/c1-4-13-27-22(14-29-21-8-6-5-7-19(21)24)25-26-23(27)30-15-20(28)18-11-9-17(10-12-18)16(2)3/h4-12,16H,1,13-15H2,2-3H3. The van der Waals surface area contributed by atoms with Gasteiger partial charge in [0.2, 0.25) is 0 Å². The highest BCUT2D eigenvalue weighted by Crippen LogP contribution is 2.22. The summed E-state index contributed by atoms with van der Waals surface area (Å²) >= 11 is 1.31. The molecule has 1 heterocycles. The van der Waals surface area contributed by atoms with Crippen LogP contribution < -0.4 is 4.74 Å². The summed E-state index contributed by atoms with van der Waals surface area (Å²) < 4.78 is 21.1. The first-order valence-electron chi connectivity index (χ1n) is 9.66. The molecule has 0 N–H and O–H groups in total. The molecule has 156 valence electrons. The molecule has 0 radical (unpaired) electrons. The van der Waals surface area contributed by atoms with E-state index in [0.29, 0.717) is 29.0 Å². The lowest BCUT2D eigenvalue weighted by molar-refractivity contribution is 0.102. The number of nitrogens with zero attached hydrogens (tertiary/aromatic N) is 3. The summed E-state index contributed by atoms with van der Waals surface area (Å²) in [5, 5.41) is 8.91. The van der Waals surface area contributed by atoms with Crippen molar-refractivity contribution < 1.29 is 13.9 Å². The maximum absolute atomic E-state index is 13.8. The maximum atomic E-state index is 13.8. The van der Waals surface area contributed by atoms with Crippen LogP contribution in [0.3, 0.4) is 0 Å². The summed E-state index contributed by atoms with van der Waals surface area (Å²) in [7, 11) is 0. The van der Waals surface area contributed by atoms with E-state index in [0.717, 1.165) is 0 Å². The molecular formula is C23H24FN3O2S. The summed E-state index contributed by atoms with van der Waals surface area (Å²) in [4.78, 5) is 12.6. The number of thioether (sulfide) groups is 1. The molecule has 0 aliphatic rings. The fourth-order valence-electron chi connectivity index (χ4n) is 2.82. The minimum absolute atomic E-state index is 0.0209. The smallest absolute Gasteiger partial charge is 0.192 e. The number of para-hydroxylation sites is 1. The first kappa shape index (κ1) is 21.8. The van der Waals surface area contributed by atoms with E-state index in [-0.39, 0.29) is 23.9 Å². The third kappa shape index (κ3) is 5.36. The minimum Gasteiger partial charge on any atom is -0.483 e. The van der Waals surface area contributed by atoms with Gasteiger partial charge in [-0.25, -0.2) is 4.39 Å². The summed E-state index contributed by atoms with van der Waals surface area (Å²) in [6, 6.07) is 13.9. The van der Waals surface area contributed by atoms with Crippen LogP contribution in [0, 0.1) is 5.82 Å². The second-order valence-corrected chi connectivity index (χ2v) is 7.95. The molecule has 0 bridgehead atoms. The monoisotopic (exact) mass is 425 g/mol. The number of Topliss-reactive ketones (excluding diaryl/α,β-unsaturated/α-hetero) is 1. The van der Waals surface area contributed by atoms with Gasteiger partial charge in [-0.1, -0.05) is 68.1 Å². The van der Waals surface area contributed by atoms with Gasteiger partial charge < -0.3 is 4.74 Å². The summed E-state index contributed by atoms with van der Waals surface area (Å²) in [5.74, 6) is 0.939. The number of benzene rings is 2. The quantitative estimate of drug-likeness (QED) is 0.251. The Morgan fingerprint density at radius 1 is 1.20 bits per heavy atom. The zero-order valence-corrected chi connectivity index (χ0v) is 17.9. The molecule has 0 amide bonds. The van der Waals surface area contributed by atoms with Crippen molar-refractivity contribution in [2.24, 2.45) is 0 Å². The second-order valence-electron chi connectivity index (χ2n) is 7.01. The van der Waals surface area contributed by atoms with Crippen molar-refractivity contribution in [2.75, 3.05) is 5.75 Å². The maximum Gasteiger partial charge on any atom is 0.192 e. The number of hydrogen-bond acceptors (Lipinski definition) is 5. The van der Waals surface area contributed by atoms with E-state index in [9.17, 15) is 9.18 Å². The van der Waals surface area contributed by atoms with Crippen molar-refractivity contribution in [1.29, 1.82) is 0 Å². The van der Waals surface area contributed by atoms with Crippen LogP contribution in [0.5, 0.6) is 5.75 Å². The Balaban J connectivity index is 1.66. The van der Waals surface area contributed by atoms with E-state index in [4.69, 9.17) is 4.74 Å². The van der Waals surface area contributed by atoms with Gasteiger partial charge in [0.05, 0.1) is 5.75 Å². The van der Waals surface area contributed by atoms with Crippen LogP contribution in [0.2, 0.25) is 0 Å². The molecule has 0 saturated heterocycles. The lowest BCUT2D eigenvalue weighted by Gasteiger charge is -2.10. The van der Waals surface area contributed by atoms with E-state index >= 15 is 0 Å². The first-order valence-corrected chi connectivity index (χ1v) is 10.6. The lowest BCUT2D eigenvalue weighted by Crippen LogP contribution is -2.09.